The minimum Gasteiger partial charge on any atom is -0.316 e. The van der Waals surface area contributed by atoms with Gasteiger partial charge in [0.2, 0.25) is 0 Å². The van der Waals surface area contributed by atoms with Crippen molar-refractivity contribution in [1.29, 1.82) is 0 Å². The van der Waals surface area contributed by atoms with Gasteiger partial charge in [-0.3, -0.25) is 4.99 Å². The average molecular weight is 136 g/mol. The Morgan fingerprint density at radius 3 is 3.50 bits per heavy atom. The summed E-state index contributed by atoms with van der Waals surface area (Å²) < 4.78 is 0. The summed E-state index contributed by atoms with van der Waals surface area (Å²) in [4.78, 5) is 4.22. The third kappa shape index (κ3) is 0.991. The number of fused-ring (bicyclic) bond motifs is 1. The summed E-state index contributed by atoms with van der Waals surface area (Å²) in [6, 6.07) is 0. The van der Waals surface area contributed by atoms with E-state index < -0.39 is 0 Å². The molecule has 0 amide bonds. The van der Waals surface area contributed by atoms with Crippen molar-refractivity contribution in [1.82, 2.24) is 5.32 Å². The van der Waals surface area contributed by atoms with E-state index in [2.05, 4.69) is 16.4 Å². The molecule has 10 heavy (non-hydrogen) atoms. The maximum atomic E-state index is 4.22. The number of rotatable bonds is 0. The Labute approximate surface area is 61.0 Å². The molecule has 0 spiro atoms. The zero-order chi connectivity index (χ0) is 6.81. The van der Waals surface area contributed by atoms with Crippen LogP contribution >= 0.6 is 0 Å². The lowest BCUT2D eigenvalue weighted by atomic mass is 9.91. The molecule has 54 valence electrons. The van der Waals surface area contributed by atoms with Crippen LogP contribution in [0, 0.1) is 5.92 Å². The van der Waals surface area contributed by atoms with Gasteiger partial charge >= 0.3 is 0 Å². The van der Waals surface area contributed by atoms with E-state index in [1.165, 1.54) is 6.42 Å². The first-order chi connectivity index (χ1) is 4.97. The van der Waals surface area contributed by atoms with E-state index in [4.69, 9.17) is 0 Å². The van der Waals surface area contributed by atoms with Gasteiger partial charge in [0, 0.05) is 25.2 Å². The fourth-order valence-electron chi connectivity index (χ4n) is 1.58. The number of piperidine rings is 1. The highest BCUT2D eigenvalue weighted by molar-refractivity contribution is 5.73. The van der Waals surface area contributed by atoms with E-state index in [1.807, 2.05) is 6.21 Å². The minimum absolute atomic E-state index is 0.707. The normalized spacial score (nSPS) is 31.2. The number of nitrogens with zero attached hydrogens (tertiary/aromatic N) is 1. The molecule has 1 atom stereocenters. The van der Waals surface area contributed by atoms with Crippen LogP contribution in [0.2, 0.25) is 0 Å². The Morgan fingerprint density at radius 1 is 1.60 bits per heavy atom. The number of nitrogens with one attached hydrogen (secondary N) is 1. The van der Waals surface area contributed by atoms with E-state index in [-0.39, 0.29) is 0 Å². The molecule has 0 aromatic heterocycles. The molecule has 0 bridgehead atoms. The zero-order valence-corrected chi connectivity index (χ0v) is 6.01. The number of allylic oxidation sites excluding steroid dienone is 1. The van der Waals surface area contributed by atoms with Gasteiger partial charge in [-0.15, -0.1) is 0 Å². The first-order valence-corrected chi connectivity index (χ1v) is 3.86. The highest BCUT2D eigenvalue weighted by Crippen LogP contribution is 2.19. The van der Waals surface area contributed by atoms with Crippen molar-refractivity contribution in [3.8, 4) is 0 Å². The summed E-state index contributed by atoms with van der Waals surface area (Å²) in [5, 5.41) is 3.37. The van der Waals surface area contributed by atoms with Crippen molar-refractivity contribution in [2.75, 3.05) is 19.6 Å². The molecule has 2 aliphatic heterocycles. The van der Waals surface area contributed by atoms with Gasteiger partial charge < -0.3 is 5.32 Å². The first-order valence-electron chi connectivity index (χ1n) is 3.86. The Morgan fingerprint density at radius 2 is 2.60 bits per heavy atom. The van der Waals surface area contributed by atoms with Crippen LogP contribution in [0.15, 0.2) is 16.6 Å². The van der Waals surface area contributed by atoms with Crippen LogP contribution in [0.4, 0.5) is 0 Å². The highest BCUT2D eigenvalue weighted by Gasteiger charge is 2.18. The first kappa shape index (κ1) is 6.10. The smallest absolute Gasteiger partial charge is 0.0467 e. The van der Waals surface area contributed by atoms with Crippen LogP contribution in [-0.2, 0) is 0 Å². The fourth-order valence-corrected chi connectivity index (χ4v) is 1.58. The van der Waals surface area contributed by atoms with E-state index in [1.54, 1.807) is 5.57 Å². The van der Waals surface area contributed by atoms with Crippen molar-refractivity contribution in [2.24, 2.45) is 10.9 Å². The van der Waals surface area contributed by atoms with Gasteiger partial charge in [0.15, 0.2) is 0 Å². The van der Waals surface area contributed by atoms with Gasteiger partial charge in [-0.1, -0.05) is 5.57 Å². The molecule has 0 aromatic carbocycles. The van der Waals surface area contributed by atoms with Crippen LogP contribution in [0.3, 0.4) is 0 Å². The molecule has 2 aliphatic rings. The second kappa shape index (κ2) is 2.54. The number of aliphatic imine (C=N–C) groups is 1. The topological polar surface area (TPSA) is 24.4 Å². The van der Waals surface area contributed by atoms with Crippen LogP contribution in [0.25, 0.3) is 0 Å². The van der Waals surface area contributed by atoms with Crippen molar-refractivity contribution in [3.63, 3.8) is 0 Å². The third-order valence-electron chi connectivity index (χ3n) is 2.23. The summed E-state index contributed by atoms with van der Waals surface area (Å²) in [5.74, 6) is 0.707. The van der Waals surface area contributed by atoms with Gasteiger partial charge in [0.25, 0.3) is 0 Å². The van der Waals surface area contributed by atoms with Crippen molar-refractivity contribution >= 4 is 6.21 Å². The summed E-state index contributed by atoms with van der Waals surface area (Å²) in [7, 11) is 0. The van der Waals surface area contributed by atoms with Gasteiger partial charge in [-0.05, 0) is 19.0 Å². The summed E-state index contributed by atoms with van der Waals surface area (Å²) >= 11 is 0. The molecule has 0 saturated carbocycles. The van der Waals surface area contributed by atoms with E-state index in [0.29, 0.717) is 5.92 Å². The molecule has 2 heteroatoms. The predicted octanol–water partition coefficient (Wildman–Crippen LogP) is 0.607. The molecular weight excluding hydrogens is 124 g/mol. The zero-order valence-electron chi connectivity index (χ0n) is 6.01. The molecule has 0 radical (unpaired) electrons. The Kier molecular flexibility index (Phi) is 1.55. The molecule has 2 nitrogen and oxygen atoms in total. The lowest BCUT2D eigenvalue weighted by molar-refractivity contribution is 0.477. The second-order valence-corrected chi connectivity index (χ2v) is 2.91. The SMILES string of the molecule is C1=NCC2CNCCC2=C1. The summed E-state index contributed by atoms with van der Waals surface area (Å²) in [5.41, 5.74) is 1.59. The number of hydrogen-bond acceptors (Lipinski definition) is 2. The van der Waals surface area contributed by atoms with Crippen molar-refractivity contribution in [3.05, 3.63) is 11.6 Å². The Balaban J connectivity index is 2.14. The molecule has 1 N–H and O–H groups in total. The fraction of sp³-hybridized carbons (Fsp3) is 0.625. The maximum Gasteiger partial charge on any atom is 0.0467 e. The van der Waals surface area contributed by atoms with Crippen LogP contribution in [-0.4, -0.2) is 25.8 Å². The third-order valence-corrected chi connectivity index (χ3v) is 2.23. The molecule has 1 unspecified atom stereocenters. The average Bonchev–Trinajstić information content (AvgIpc) is 2.05. The molecule has 0 aliphatic carbocycles. The quantitative estimate of drug-likeness (QED) is 0.518. The molecule has 2 rings (SSSR count). The van der Waals surface area contributed by atoms with Crippen LogP contribution in [0.1, 0.15) is 6.42 Å². The standard InChI is InChI=1S/C8H12N2/c1-3-9-5-8-6-10-4-2-7(1)8/h1,3,8,10H,2,4-6H2. The maximum absolute atomic E-state index is 4.22. The minimum atomic E-state index is 0.707. The second-order valence-electron chi connectivity index (χ2n) is 2.91. The predicted molar refractivity (Wildman–Crippen MR) is 42.4 cm³/mol. The van der Waals surface area contributed by atoms with E-state index in [9.17, 15) is 0 Å². The van der Waals surface area contributed by atoms with Gasteiger partial charge in [-0.2, -0.15) is 0 Å². The van der Waals surface area contributed by atoms with E-state index in [0.717, 1.165) is 19.6 Å². The van der Waals surface area contributed by atoms with Crippen LogP contribution < -0.4 is 5.32 Å². The number of dihydropyridines is 1. The molecule has 2 heterocycles. The molecule has 1 fully saturated rings. The lowest BCUT2D eigenvalue weighted by Crippen LogP contribution is -2.34. The largest absolute Gasteiger partial charge is 0.316 e. The van der Waals surface area contributed by atoms with Crippen molar-refractivity contribution < 1.29 is 0 Å². The van der Waals surface area contributed by atoms with Gasteiger partial charge in [-0.25, -0.2) is 0 Å². The summed E-state index contributed by atoms with van der Waals surface area (Å²) in [6.07, 6.45) is 5.34. The monoisotopic (exact) mass is 136 g/mol. The Hall–Kier alpha value is -0.630. The van der Waals surface area contributed by atoms with Gasteiger partial charge in [0.05, 0.1) is 0 Å². The molecule has 0 aromatic rings. The highest BCUT2D eigenvalue weighted by atomic mass is 14.9. The summed E-state index contributed by atoms with van der Waals surface area (Å²) in [6.45, 7) is 3.28. The van der Waals surface area contributed by atoms with E-state index >= 15 is 0 Å². The van der Waals surface area contributed by atoms with Gasteiger partial charge in [0.1, 0.15) is 0 Å². The molecular formula is C8H12N2. The van der Waals surface area contributed by atoms with Crippen molar-refractivity contribution in [2.45, 2.75) is 6.42 Å². The number of hydrogen-bond donors (Lipinski definition) is 1. The lowest BCUT2D eigenvalue weighted by Gasteiger charge is -2.26. The molecule has 1 saturated heterocycles. The van der Waals surface area contributed by atoms with Crippen LogP contribution in [0.5, 0.6) is 0 Å². The Bertz CT molecular complexity index is 182.